The fraction of sp³-hybridized carbons (Fsp3) is 0.200. The highest BCUT2D eigenvalue weighted by molar-refractivity contribution is 5.95. The second-order valence-corrected chi connectivity index (χ2v) is 3.36. The van der Waals surface area contributed by atoms with Gasteiger partial charge in [0.25, 0.3) is 0 Å². The Morgan fingerprint density at radius 3 is 2.26 bits per heavy atom. The maximum Gasteiger partial charge on any atom is 0.471 e. The topological polar surface area (TPSA) is 58.2 Å². The van der Waals surface area contributed by atoms with Gasteiger partial charge in [0, 0.05) is 11.8 Å². The zero-order valence-electron chi connectivity index (χ0n) is 9.15. The number of benzene rings is 1. The maximum absolute atomic E-state index is 12.8. The van der Waals surface area contributed by atoms with Gasteiger partial charge >= 0.3 is 12.1 Å². The lowest BCUT2D eigenvalue weighted by Crippen LogP contribution is -2.41. The number of carbonyl (C=O) groups is 2. The fourth-order valence-electron chi connectivity index (χ4n) is 1.04. The van der Waals surface area contributed by atoms with Crippen LogP contribution in [0.5, 0.6) is 0 Å². The Hall–Kier alpha value is -2.19. The molecule has 0 saturated carbocycles. The van der Waals surface area contributed by atoms with Gasteiger partial charge in [-0.3, -0.25) is 9.59 Å². The van der Waals surface area contributed by atoms with E-state index in [1.165, 1.54) is 5.32 Å². The van der Waals surface area contributed by atoms with E-state index >= 15 is 0 Å². The van der Waals surface area contributed by atoms with Gasteiger partial charge in [-0.25, -0.2) is 8.78 Å². The van der Waals surface area contributed by atoms with E-state index in [9.17, 15) is 31.5 Å². The number of halogens is 5. The smallest absolute Gasteiger partial charge is 0.339 e. The number of hydrogen-bond acceptors (Lipinski definition) is 2. The molecule has 0 aliphatic carbocycles. The summed E-state index contributed by atoms with van der Waals surface area (Å²) in [5, 5.41) is 3.31. The summed E-state index contributed by atoms with van der Waals surface area (Å²) in [6, 6.07) is 2.40. The van der Waals surface area contributed by atoms with Crippen molar-refractivity contribution >= 4 is 17.5 Å². The molecule has 104 valence electrons. The Bertz CT molecular complexity index is 501. The highest BCUT2D eigenvalue weighted by Crippen LogP contribution is 2.14. The average molecular weight is 282 g/mol. The minimum Gasteiger partial charge on any atom is -0.339 e. The van der Waals surface area contributed by atoms with E-state index in [1.54, 1.807) is 0 Å². The second kappa shape index (κ2) is 5.63. The number of rotatable bonds is 3. The van der Waals surface area contributed by atoms with Crippen molar-refractivity contribution in [2.75, 3.05) is 11.9 Å². The van der Waals surface area contributed by atoms with Crippen LogP contribution in [-0.4, -0.2) is 24.5 Å². The molecule has 4 nitrogen and oxygen atoms in total. The molecular formula is C10H7F5N2O2. The SMILES string of the molecule is O=C(CNC(=O)C(F)(F)F)Nc1ccc(F)c(F)c1. The Balaban J connectivity index is 2.52. The number of nitrogens with one attached hydrogen (secondary N) is 2. The molecular weight excluding hydrogens is 275 g/mol. The molecule has 0 atom stereocenters. The second-order valence-electron chi connectivity index (χ2n) is 3.36. The van der Waals surface area contributed by atoms with Crippen LogP contribution in [0, 0.1) is 11.6 Å². The quantitative estimate of drug-likeness (QED) is 0.827. The zero-order valence-corrected chi connectivity index (χ0v) is 9.15. The van der Waals surface area contributed by atoms with Gasteiger partial charge in [-0.15, -0.1) is 0 Å². The van der Waals surface area contributed by atoms with Gasteiger partial charge in [-0.05, 0) is 12.1 Å². The van der Waals surface area contributed by atoms with Crippen molar-refractivity contribution in [1.29, 1.82) is 0 Å². The van der Waals surface area contributed by atoms with E-state index in [1.807, 2.05) is 5.32 Å². The van der Waals surface area contributed by atoms with Gasteiger partial charge in [0.15, 0.2) is 11.6 Å². The molecule has 0 bridgehead atoms. The number of carbonyl (C=O) groups excluding carboxylic acids is 2. The standard InChI is InChI=1S/C10H7F5N2O2/c11-6-2-1-5(3-7(6)12)17-8(18)4-16-9(19)10(13,14)15/h1-3H,4H2,(H,16,19)(H,17,18). The fourth-order valence-corrected chi connectivity index (χ4v) is 1.04. The zero-order chi connectivity index (χ0) is 14.6. The van der Waals surface area contributed by atoms with Crippen LogP contribution in [0.4, 0.5) is 27.6 Å². The first-order valence-corrected chi connectivity index (χ1v) is 4.80. The van der Waals surface area contributed by atoms with Crippen molar-refractivity contribution in [2.24, 2.45) is 0 Å². The molecule has 1 aromatic carbocycles. The van der Waals surface area contributed by atoms with E-state index in [0.717, 1.165) is 12.1 Å². The van der Waals surface area contributed by atoms with Gasteiger partial charge in [-0.2, -0.15) is 13.2 Å². The van der Waals surface area contributed by atoms with E-state index in [-0.39, 0.29) is 5.69 Å². The summed E-state index contributed by atoms with van der Waals surface area (Å²) >= 11 is 0. The average Bonchev–Trinajstić information content (AvgIpc) is 2.29. The highest BCUT2D eigenvalue weighted by Gasteiger charge is 2.38. The summed E-state index contributed by atoms with van der Waals surface area (Å²) < 4.78 is 60.7. The molecule has 2 amide bonds. The third-order valence-corrected chi connectivity index (χ3v) is 1.87. The van der Waals surface area contributed by atoms with Crippen LogP contribution in [0.1, 0.15) is 0 Å². The predicted octanol–water partition coefficient (Wildman–Crippen LogP) is 1.58. The molecule has 0 radical (unpaired) electrons. The molecule has 0 aliphatic heterocycles. The normalized spacial score (nSPS) is 11.0. The number of amides is 2. The van der Waals surface area contributed by atoms with Gasteiger partial charge < -0.3 is 10.6 Å². The highest BCUT2D eigenvalue weighted by atomic mass is 19.4. The minimum absolute atomic E-state index is 0.148. The molecule has 0 aliphatic rings. The van der Waals surface area contributed by atoms with Crippen LogP contribution in [0.25, 0.3) is 0 Å². The molecule has 0 fully saturated rings. The summed E-state index contributed by atoms with van der Waals surface area (Å²) in [7, 11) is 0. The first-order chi connectivity index (χ1) is 8.70. The van der Waals surface area contributed by atoms with E-state index in [4.69, 9.17) is 0 Å². The number of anilines is 1. The molecule has 2 N–H and O–H groups in total. The summed E-state index contributed by atoms with van der Waals surface area (Å²) in [4.78, 5) is 21.5. The molecule has 9 heteroatoms. The molecule has 1 aromatic rings. The van der Waals surface area contributed by atoms with Crippen molar-refractivity contribution in [3.05, 3.63) is 29.8 Å². The van der Waals surface area contributed by atoms with Crippen molar-refractivity contribution in [3.8, 4) is 0 Å². The third-order valence-electron chi connectivity index (χ3n) is 1.87. The minimum atomic E-state index is -5.09. The van der Waals surface area contributed by atoms with Gasteiger partial charge in [-0.1, -0.05) is 0 Å². The monoisotopic (exact) mass is 282 g/mol. The predicted molar refractivity (Wildman–Crippen MR) is 54.1 cm³/mol. The van der Waals surface area contributed by atoms with Crippen LogP contribution in [0.15, 0.2) is 18.2 Å². The van der Waals surface area contributed by atoms with Gasteiger partial charge in [0.1, 0.15) is 0 Å². The molecule has 0 spiro atoms. The van der Waals surface area contributed by atoms with E-state index < -0.39 is 36.2 Å². The van der Waals surface area contributed by atoms with Crippen molar-refractivity contribution in [2.45, 2.75) is 6.18 Å². The summed E-state index contributed by atoms with van der Waals surface area (Å²) in [6.07, 6.45) is -5.09. The van der Waals surface area contributed by atoms with Gasteiger partial charge in [0.2, 0.25) is 5.91 Å². The van der Waals surface area contributed by atoms with Crippen LogP contribution in [0.2, 0.25) is 0 Å². The maximum atomic E-state index is 12.8. The Morgan fingerprint density at radius 2 is 1.74 bits per heavy atom. The molecule has 19 heavy (non-hydrogen) atoms. The first kappa shape index (κ1) is 14.9. The van der Waals surface area contributed by atoms with E-state index in [0.29, 0.717) is 6.07 Å². The van der Waals surface area contributed by atoms with Gasteiger partial charge in [0.05, 0.1) is 6.54 Å². The Labute approximate surface area is 103 Å². The molecule has 0 saturated heterocycles. The molecule has 1 rings (SSSR count). The Morgan fingerprint density at radius 1 is 1.11 bits per heavy atom. The number of alkyl halides is 3. The molecule has 0 aromatic heterocycles. The summed E-state index contributed by atoms with van der Waals surface area (Å²) in [6.45, 7) is -0.947. The lowest BCUT2D eigenvalue weighted by molar-refractivity contribution is -0.173. The lowest BCUT2D eigenvalue weighted by atomic mass is 10.3. The largest absolute Gasteiger partial charge is 0.471 e. The summed E-state index contributed by atoms with van der Waals surface area (Å²) in [5.41, 5.74) is -0.148. The number of hydrogen-bond donors (Lipinski definition) is 2. The lowest BCUT2D eigenvalue weighted by Gasteiger charge is -2.08. The van der Waals surface area contributed by atoms with Crippen molar-refractivity contribution < 1.29 is 31.5 Å². The van der Waals surface area contributed by atoms with Crippen molar-refractivity contribution in [3.63, 3.8) is 0 Å². The first-order valence-electron chi connectivity index (χ1n) is 4.80. The van der Waals surface area contributed by atoms with Crippen LogP contribution >= 0.6 is 0 Å². The van der Waals surface area contributed by atoms with Crippen LogP contribution < -0.4 is 10.6 Å². The van der Waals surface area contributed by atoms with E-state index in [2.05, 4.69) is 0 Å². The summed E-state index contributed by atoms with van der Waals surface area (Å²) in [5.74, 6) is -5.64. The Kier molecular flexibility index (Phi) is 4.41. The molecule has 0 heterocycles. The van der Waals surface area contributed by atoms with Crippen molar-refractivity contribution in [1.82, 2.24) is 5.32 Å². The van der Waals surface area contributed by atoms with Crippen LogP contribution in [-0.2, 0) is 9.59 Å². The van der Waals surface area contributed by atoms with Crippen LogP contribution in [0.3, 0.4) is 0 Å². The third kappa shape index (κ3) is 4.53. The molecule has 0 unspecified atom stereocenters.